The van der Waals surface area contributed by atoms with Gasteiger partial charge in [0.05, 0.1) is 0 Å². The third kappa shape index (κ3) is 3.30. The Labute approximate surface area is 154 Å². The monoisotopic (exact) mass is 371 g/mol. The molecule has 0 atom stereocenters. The predicted molar refractivity (Wildman–Crippen MR) is 101 cm³/mol. The van der Waals surface area contributed by atoms with Crippen LogP contribution in [0.25, 0.3) is 11.0 Å². The van der Waals surface area contributed by atoms with Gasteiger partial charge in [0, 0.05) is 22.6 Å². The number of fused-ring (bicyclic) bond motifs is 1. The summed E-state index contributed by atoms with van der Waals surface area (Å²) in [6, 6.07) is 8.69. The molecule has 1 aliphatic rings. The number of ether oxygens (including phenoxy) is 1. The second-order valence-electron chi connectivity index (χ2n) is 6.34. The Bertz CT molecular complexity index is 997. The number of pyridine rings is 1. The van der Waals surface area contributed by atoms with E-state index >= 15 is 0 Å². The highest BCUT2D eigenvalue weighted by Crippen LogP contribution is 2.24. The average molecular weight is 372 g/mol. The van der Waals surface area contributed by atoms with Crippen molar-refractivity contribution in [2.24, 2.45) is 0 Å². The number of hydrogen-bond donors (Lipinski definition) is 2. The highest BCUT2D eigenvalue weighted by atomic mass is 35.5. The maximum absolute atomic E-state index is 12.5. The van der Waals surface area contributed by atoms with Crippen LogP contribution in [0.5, 0.6) is 11.5 Å². The van der Waals surface area contributed by atoms with Gasteiger partial charge in [-0.1, -0.05) is 24.4 Å². The number of benzene rings is 1. The number of nitrogens with one attached hydrogen (secondary N) is 1. The van der Waals surface area contributed by atoms with Crippen LogP contribution in [0.3, 0.4) is 0 Å². The number of nitrogens with zero attached hydrogens (tertiary/aromatic N) is 3. The number of rotatable bonds is 4. The number of nitrogens with two attached hydrogens (primary N) is 1. The normalized spacial score (nSPS) is 14.7. The van der Waals surface area contributed by atoms with Gasteiger partial charge < -0.3 is 15.9 Å². The Kier molecular flexibility index (Phi) is 4.38. The lowest BCUT2D eigenvalue weighted by atomic mass is 10.2. The molecule has 1 aliphatic carbocycles. The number of halogens is 1. The third-order valence-electron chi connectivity index (χ3n) is 4.47. The molecule has 3 aromatic rings. The molecular weight excluding hydrogens is 354 g/mol. The van der Waals surface area contributed by atoms with Gasteiger partial charge in [0.25, 0.3) is 0 Å². The molecule has 0 unspecified atom stereocenters. The zero-order valence-electron chi connectivity index (χ0n) is 14.0. The summed E-state index contributed by atoms with van der Waals surface area (Å²) in [5, 5.41) is 4.51. The summed E-state index contributed by atoms with van der Waals surface area (Å²) in [6.07, 6.45) is 6.25. The first kappa shape index (κ1) is 16.7. The van der Waals surface area contributed by atoms with Crippen LogP contribution >= 0.6 is 11.6 Å². The van der Waals surface area contributed by atoms with Gasteiger partial charge in [-0.2, -0.15) is 4.98 Å². The minimum absolute atomic E-state index is 0.0995. The van der Waals surface area contributed by atoms with Crippen molar-refractivity contribution in [1.29, 1.82) is 0 Å². The van der Waals surface area contributed by atoms with Gasteiger partial charge >= 0.3 is 5.56 Å². The number of nitrogen functional groups attached to an aromatic ring is 1. The van der Waals surface area contributed by atoms with Gasteiger partial charge in [0.15, 0.2) is 11.4 Å². The van der Waals surface area contributed by atoms with Gasteiger partial charge in [-0.25, -0.2) is 9.66 Å². The molecule has 1 saturated carbocycles. The summed E-state index contributed by atoms with van der Waals surface area (Å²) in [6.45, 7) is 0. The largest absolute Gasteiger partial charge is 0.451 e. The van der Waals surface area contributed by atoms with Crippen molar-refractivity contribution in [3.8, 4) is 11.5 Å². The molecule has 1 aromatic carbocycles. The Balaban J connectivity index is 1.67. The zero-order valence-corrected chi connectivity index (χ0v) is 14.7. The Morgan fingerprint density at radius 3 is 2.69 bits per heavy atom. The van der Waals surface area contributed by atoms with Crippen molar-refractivity contribution >= 4 is 28.6 Å². The van der Waals surface area contributed by atoms with Crippen molar-refractivity contribution in [2.45, 2.75) is 31.7 Å². The molecule has 0 radical (unpaired) electrons. The van der Waals surface area contributed by atoms with Gasteiger partial charge in [-0.3, -0.25) is 4.79 Å². The fourth-order valence-corrected chi connectivity index (χ4v) is 3.25. The molecule has 4 rings (SSSR count). The molecule has 2 aromatic heterocycles. The van der Waals surface area contributed by atoms with Crippen LogP contribution in [0.15, 0.2) is 41.3 Å². The van der Waals surface area contributed by atoms with Gasteiger partial charge in [0.2, 0.25) is 5.95 Å². The maximum atomic E-state index is 12.5. The van der Waals surface area contributed by atoms with E-state index in [-0.39, 0.29) is 5.75 Å². The lowest BCUT2D eigenvalue weighted by Gasteiger charge is -2.13. The Morgan fingerprint density at radius 2 is 1.96 bits per heavy atom. The first-order valence-corrected chi connectivity index (χ1v) is 8.86. The standard InChI is InChI=1S/C18H18ClN5O2/c19-12-5-7-14(8-6-12)26-15-9-11-10-21-18(22-13-3-1-2-4-13)23-16(11)24(20)17(15)25/h5-10,13H,1-4,20H2,(H,21,22,23). The van der Waals surface area contributed by atoms with E-state index in [9.17, 15) is 4.79 Å². The fourth-order valence-electron chi connectivity index (χ4n) is 3.12. The minimum Gasteiger partial charge on any atom is -0.451 e. The zero-order chi connectivity index (χ0) is 18.1. The minimum atomic E-state index is -0.474. The van der Waals surface area contributed by atoms with E-state index in [1.165, 1.54) is 12.8 Å². The van der Waals surface area contributed by atoms with E-state index in [4.69, 9.17) is 22.2 Å². The van der Waals surface area contributed by atoms with Crippen LogP contribution in [0.4, 0.5) is 5.95 Å². The van der Waals surface area contributed by atoms with Crippen LogP contribution in [-0.2, 0) is 0 Å². The van der Waals surface area contributed by atoms with E-state index in [2.05, 4.69) is 15.3 Å². The Hall–Kier alpha value is -2.80. The summed E-state index contributed by atoms with van der Waals surface area (Å²) < 4.78 is 6.64. The summed E-state index contributed by atoms with van der Waals surface area (Å²) in [7, 11) is 0. The van der Waals surface area contributed by atoms with Crippen molar-refractivity contribution < 1.29 is 4.74 Å². The topological polar surface area (TPSA) is 95.1 Å². The highest BCUT2D eigenvalue weighted by molar-refractivity contribution is 6.30. The van der Waals surface area contributed by atoms with Crippen molar-refractivity contribution in [2.75, 3.05) is 11.2 Å². The van der Waals surface area contributed by atoms with Crippen LogP contribution in [0, 0.1) is 0 Å². The van der Waals surface area contributed by atoms with E-state index in [1.54, 1.807) is 36.5 Å². The van der Waals surface area contributed by atoms with Crippen molar-refractivity contribution in [1.82, 2.24) is 14.6 Å². The molecule has 0 spiro atoms. The Morgan fingerprint density at radius 1 is 1.23 bits per heavy atom. The molecule has 0 saturated heterocycles. The van der Waals surface area contributed by atoms with Crippen LogP contribution in [0.2, 0.25) is 5.02 Å². The van der Waals surface area contributed by atoms with Crippen LogP contribution in [0.1, 0.15) is 25.7 Å². The summed E-state index contributed by atoms with van der Waals surface area (Å²) in [4.78, 5) is 21.3. The second-order valence-corrected chi connectivity index (χ2v) is 6.77. The van der Waals surface area contributed by atoms with Crippen LogP contribution < -0.4 is 21.5 Å². The lowest BCUT2D eigenvalue weighted by molar-refractivity contribution is 0.473. The van der Waals surface area contributed by atoms with E-state index < -0.39 is 5.56 Å². The number of aromatic nitrogens is 3. The van der Waals surface area contributed by atoms with Crippen molar-refractivity contribution in [3.63, 3.8) is 0 Å². The van der Waals surface area contributed by atoms with E-state index in [0.717, 1.165) is 17.5 Å². The van der Waals surface area contributed by atoms with Gasteiger partial charge in [-0.05, 0) is 43.2 Å². The fraction of sp³-hybridized carbons (Fsp3) is 0.278. The van der Waals surface area contributed by atoms with E-state index in [0.29, 0.717) is 33.8 Å². The quantitative estimate of drug-likeness (QED) is 0.683. The lowest BCUT2D eigenvalue weighted by Crippen LogP contribution is -2.29. The first-order valence-electron chi connectivity index (χ1n) is 8.48. The molecule has 1 fully saturated rings. The average Bonchev–Trinajstić information content (AvgIpc) is 3.15. The molecule has 3 N–H and O–H groups in total. The van der Waals surface area contributed by atoms with Crippen LogP contribution in [-0.4, -0.2) is 20.7 Å². The second kappa shape index (κ2) is 6.84. The van der Waals surface area contributed by atoms with Gasteiger partial charge in [0.1, 0.15) is 5.75 Å². The smallest absolute Gasteiger partial charge is 0.313 e. The molecule has 8 heteroatoms. The molecule has 134 valence electrons. The summed E-state index contributed by atoms with van der Waals surface area (Å²) in [5.41, 5.74) is -0.119. The van der Waals surface area contributed by atoms with E-state index in [1.807, 2.05) is 0 Å². The van der Waals surface area contributed by atoms with Gasteiger partial charge in [-0.15, -0.1) is 0 Å². The summed E-state index contributed by atoms with van der Waals surface area (Å²) >= 11 is 5.86. The molecule has 0 bridgehead atoms. The molecule has 2 heterocycles. The molecular formula is C18H18ClN5O2. The maximum Gasteiger partial charge on any atom is 0.313 e. The predicted octanol–water partition coefficient (Wildman–Crippen LogP) is 3.31. The highest BCUT2D eigenvalue weighted by Gasteiger charge is 2.17. The molecule has 0 amide bonds. The number of hydrogen-bond acceptors (Lipinski definition) is 6. The number of anilines is 1. The first-order chi connectivity index (χ1) is 12.6. The summed E-state index contributed by atoms with van der Waals surface area (Å²) in [5.74, 6) is 7.03. The SMILES string of the molecule is Nn1c(=O)c(Oc2ccc(Cl)cc2)cc2cnc(NC3CCCC3)nc21. The third-order valence-corrected chi connectivity index (χ3v) is 4.72. The molecule has 7 nitrogen and oxygen atoms in total. The van der Waals surface area contributed by atoms with Crippen molar-refractivity contribution in [3.05, 3.63) is 51.9 Å². The molecule has 0 aliphatic heterocycles. The molecule has 26 heavy (non-hydrogen) atoms.